The molecule has 2 amide bonds. The zero-order chi connectivity index (χ0) is 15.4. The van der Waals surface area contributed by atoms with Crippen molar-refractivity contribution in [1.82, 2.24) is 0 Å². The number of phenols is 1. The molecule has 2 aromatic rings. The fourth-order valence-corrected chi connectivity index (χ4v) is 2.23. The van der Waals surface area contributed by atoms with E-state index in [1.54, 1.807) is 23.1 Å². The van der Waals surface area contributed by atoms with Crippen LogP contribution in [0.15, 0.2) is 42.5 Å². The second kappa shape index (κ2) is 6.31. The van der Waals surface area contributed by atoms with Gasteiger partial charge in [0.2, 0.25) is 0 Å². The quantitative estimate of drug-likeness (QED) is 0.892. The first-order valence-corrected chi connectivity index (χ1v) is 6.96. The fraction of sp³-hybridized carbons (Fsp3) is 0.235. The number of anilines is 2. The lowest BCUT2D eigenvalue weighted by atomic mass is 10.1. The molecule has 110 valence electrons. The summed E-state index contributed by atoms with van der Waals surface area (Å²) < 4.78 is 0. The van der Waals surface area contributed by atoms with Gasteiger partial charge >= 0.3 is 6.03 Å². The van der Waals surface area contributed by atoms with E-state index in [9.17, 15) is 9.90 Å². The highest BCUT2D eigenvalue weighted by atomic mass is 16.3. The Hall–Kier alpha value is -2.49. The maximum atomic E-state index is 12.5. The summed E-state index contributed by atoms with van der Waals surface area (Å²) in [6.07, 6.45) is 0. The Labute approximate surface area is 125 Å². The summed E-state index contributed by atoms with van der Waals surface area (Å²) in [5.74, 6) is 0.150. The summed E-state index contributed by atoms with van der Waals surface area (Å²) in [6.45, 7) is 6.31. The molecule has 2 N–H and O–H groups in total. The molecule has 0 aromatic heterocycles. The fourth-order valence-electron chi connectivity index (χ4n) is 2.23. The summed E-state index contributed by atoms with van der Waals surface area (Å²) in [5, 5.41) is 12.5. The van der Waals surface area contributed by atoms with E-state index in [0.29, 0.717) is 12.2 Å². The third-order valence-corrected chi connectivity index (χ3v) is 3.31. The van der Waals surface area contributed by atoms with E-state index in [1.807, 2.05) is 45.0 Å². The van der Waals surface area contributed by atoms with E-state index in [0.717, 1.165) is 16.8 Å². The smallest absolute Gasteiger partial charge is 0.326 e. The van der Waals surface area contributed by atoms with E-state index in [1.165, 1.54) is 0 Å². The van der Waals surface area contributed by atoms with Crippen LogP contribution in [0.25, 0.3) is 0 Å². The van der Waals surface area contributed by atoms with Crippen molar-refractivity contribution in [2.75, 3.05) is 16.8 Å². The van der Waals surface area contributed by atoms with Gasteiger partial charge in [-0.05, 0) is 50.1 Å². The number of nitrogens with zero attached hydrogens (tertiary/aromatic N) is 1. The number of carbonyl (C=O) groups is 1. The number of nitrogens with one attached hydrogen (secondary N) is 1. The molecule has 0 aliphatic heterocycles. The Morgan fingerprint density at radius 2 is 1.95 bits per heavy atom. The number of phenolic OH excluding ortho intramolecular Hbond substituents is 1. The van der Waals surface area contributed by atoms with Gasteiger partial charge in [-0.1, -0.05) is 18.2 Å². The highest BCUT2D eigenvalue weighted by Gasteiger charge is 2.16. The standard InChI is InChI=1S/C17H20N2O2/c1-4-19(16-11-15(20)9-8-13(16)3)17(21)18-14-7-5-6-12(2)10-14/h5-11,20H,4H2,1-3H3,(H,18,21). The van der Waals surface area contributed by atoms with Crippen molar-refractivity contribution in [2.24, 2.45) is 0 Å². The van der Waals surface area contributed by atoms with E-state index >= 15 is 0 Å². The molecule has 0 unspecified atom stereocenters. The Bertz CT molecular complexity index is 653. The number of aromatic hydroxyl groups is 1. The average Bonchev–Trinajstić information content (AvgIpc) is 2.43. The van der Waals surface area contributed by atoms with Gasteiger partial charge in [-0.3, -0.25) is 4.90 Å². The lowest BCUT2D eigenvalue weighted by molar-refractivity contribution is 0.257. The predicted molar refractivity (Wildman–Crippen MR) is 86.1 cm³/mol. The Morgan fingerprint density at radius 1 is 1.19 bits per heavy atom. The van der Waals surface area contributed by atoms with Crippen LogP contribution in [0.5, 0.6) is 5.75 Å². The number of urea groups is 1. The van der Waals surface area contributed by atoms with Crippen molar-refractivity contribution in [2.45, 2.75) is 20.8 Å². The molecule has 21 heavy (non-hydrogen) atoms. The van der Waals surface area contributed by atoms with Crippen molar-refractivity contribution in [3.05, 3.63) is 53.6 Å². The van der Waals surface area contributed by atoms with Crippen molar-refractivity contribution >= 4 is 17.4 Å². The third-order valence-electron chi connectivity index (χ3n) is 3.31. The summed E-state index contributed by atoms with van der Waals surface area (Å²) in [6, 6.07) is 12.5. The molecule has 0 atom stereocenters. The molecule has 0 aliphatic rings. The monoisotopic (exact) mass is 284 g/mol. The van der Waals surface area contributed by atoms with Crippen molar-refractivity contribution in [1.29, 1.82) is 0 Å². The number of rotatable bonds is 3. The number of aryl methyl sites for hydroxylation is 2. The van der Waals surface area contributed by atoms with Gasteiger partial charge < -0.3 is 10.4 Å². The van der Waals surface area contributed by atoms with E-state index in [2.05, 4.69) is 5.32 Å². The number of hydrogen-bond donors (Lipinski definition) is 2. The molecule has 4 heteroatoms. The molecular weight excluding hydrogens is 264 g/mol. The van der Waals surface area contributed by atoms with Crippen molar-refractivity contribution in [3.63, 3.8) is 0 Å². The largest absolute Gasteiger partial charge is 0.508 e. The third kappa shape index (κ3) is 3.54. The molecule has 0 fully saturated rings. The normalized spacial score (nSPS) is 10.2. The van der Waals surface area contributed by atoms with Crippen LogP contribution in [-0.2, 0) is 0 Å². The van der Waals surface area contributed by atoms with Crippen LogP contribution in [0, 0.1) is 13.8 Å². The first-order valence-electron chi connectivity index (χ1n) is 6.96. The first-order chi connectivity index (χ1) is 10.0. The minimum atomic E-state index is -0.211. The molecule has 0 saturated heterocycles. The zero-order valence-corrected chi connectivity index (χ0v) is 12.6. The molecule has 0 bridgehead atoms. The van der Waals surface area contributed by atoms with Gasteiger partial charge in [0.15, 0.2) is 0 Å². The number of carbonyl (C=O) groups excluding carboxylic acids is 1. The van der Waals surface area contributed by atoms with Crippen LogP contribution >= 0.6 is 0 Å². The Balaban J connectivity index is 2.24. The molecule has 2 rings (SSSR count). The number of benzene rings is 2. The molecule has 4 nitrogen and oxygen atoms in total. The first kappa shape index (κ1) is 14.9. The Kier molecular flexibility index (Phi) is 4.48. The minimum Gasteiger partial charge on any atom is -0.508 e. The predicted octanol–water partition coefficient (Wildman–Crippen LogP) is 4.07. The van der Waals surface area contributed by atoms with Gasteiger partial charge in [-0.25, -0.2) is 4.79 Å². The minimum absolute atomic E-state index is 0.150. The molecule has 0 aliphatic carbocycles. The van der Waals surface area contributed by atoms with Crippen LogP contribution in [0.4, 0.5) is 16.2 Å². The van der Waals surface area contributed by atoms with Crippen LogP contribution in [-0.4, -0.2) is 17.7 Å². The molecule has 0 saturated carbocycles. The van der Waals surface area contributed by atoms with Crippen LogP contribution in [0.1, 0.15) is 18.1 Å². The lowest BCUT2D eigenvalue weighted by Gasteiger charge is -2.23. The van der Waals surface area contributed by atoms with Gasteiger partial charge in [0.1, 0.15) is 5.75 Å². The van der Waals surface area contributed by atoms with Crippen LogP contribution in [0.2, 0.25) is 0 Å². The van der Waals surface area contributed by atoms with Crippen molar-refractivity contribution < 1.29 is 9.90 Å². The van der Waals surface area contributed by atoms with Gasteiger partial charge in [0.05, 0.1) is 5.69 Å². The Morgan fingerprint density at radius 3 is 2.62 bits per heavy atom. The maximum Gasteiger partial charge on any atom is 0.326 e. The lowest BCUT2D eigenvalue weighted by Crippen LogP contribution is -2.35. The molecule has 0 spiro atoms. The summed E-state index contributed by atoms with van der Waals surface area (Å²) in [7, 11) is 0. The highest BCUT2D eigenvalue weighted by molar-refractivity contribution is 6.02. The van der Waals surface area contributed by atoms with Crippen molar-refractivity contribution in [3.8, 4) is 5.75 Å². The average molecular weight is 284 g/mol. The number of hydrogen-bond acceptors (Lipinski definition) is 2. The zero-order valence-electron chi connectivity index (χ0n) is 12.6. The molecule has 2 aromatic carbocycles. The van der Waals surface area contributed by atoms with E-state index in [4.69, 9.17) is 0 Å². The maximum absolute atomic E-state index is 12.5. The summed E-state index contributed by atoms with van der Waals surface area (Å²) in [4.78, 5) is 14.1. The molecular formula is C17H20N2O2. The summed E-state index contributed by atoms with van der Waals surface area (Å²) >= 11 is 0. The SMILES string of the molecule is CCN(C(=O)Nc1cccc(C)c1)c1cc(O)ccc1C. The van der Waals surface area contributed by atoms with E-state index < -0.39 is 0 Å². The van der Waals surface area contributed by atoms with Gasteiger partial charge in [0.25, 0.3) is 0 Å². The second-order valence-corrected chi connectivity index (χ2v) is 5.01. The topological polar surface area (TPSA) is 52.6 Å². The molecule has 0 heterocycles. The molecule has 0 radical (unpaired) electrons. The number of amides is 2. The van der Waals surface area contributed by atoms with Gasteiger partial charge in [-0.2, -0.15) is 0 Å². The highest BCUT2D eigenvalue weighted by Crippen LogP contribution is 2.25. The van der Waals surface area contributed by atoms with Gasteiger partial charge in [0, 0.05) is 18.3 Å². The van der Waals surface area contributed by atoms with Crippen LogP contribution < -0.4 is 10.2 Å². The van der Waals surface area contributed by atoms with Gasteiger partial charge in [-0.15, -0.1) is 0 Å². The second-order valence-electron chi connectivity index (χ2n) is 5.01. The van der Waals surface area contributed by atoms with E-state index in [-0.39, 0.29) is 11.8 Å². The van der Waals surface area contributed by atoms with Crippen LogP contribution in [0.3, 0.4) is 0 Å². The summed E-state index contributed by atoms with van der Waals surface area (Å²) in [5.41, 5.74) is 3.50.